The summed E-state index contributed by atoms with van der Waals surface area (Å²) in [6.07, 6.45) is 5.21. The number of hydrogen-bond acceptors (Lipinski definition) is 2. The van der Waals surface area contributed by atoms with Crippen LogP contribution < -0.4 is 0 Å². The van der Waals surface area contributed by atoms with E-state index < -0.39 is 5.60 Å². The predicted octanol–water partition coefficient (Wildman–Crippen LogP) is 1.96. The Labute approximate surface area is 92.8 Å². The molecule has 0 radical (unpaired) electrons. The van der Waals surface area contributed by atoms with Crippen LogP contribution in [0.4, 0.5) is 0 Å². The third-order valence-electron chi connectivity index (χ3n) is 1.99. The van der Waals surface area contributed by atoms with Gasteiger partial charge in [-0.25, -0.2) is 0 Å². The number of carbonyl (C=O) groups excluding carboxylic acids is 1. The number of amides is 1. The van der Waals surface area contributed by atoms with Crippen LogP contribution in [0.25, 0.3) is 0 Å². The van der Waals surface area contributed by atoms with Gasteiger partial charge in [0.2, 0.25) is 5.91 Å². The van der Waals surface area contributed by atoms with Crippen LogP contribution in [-0.4, -0.2) is 34.6 Å². The van der Waals surface area contributed by atoms with Crippen molar-refractivity contribution in [3.05, 3.63) is 12.2 Å². The minimum atomic E-state index is -0.891. The number of nitrogens with zero attached hydrogens (tertiary/aromatic N) is 1. The summed E-state index contributed by atoms with van der Waals surface area (Å²) in [4.78, 5) is 13.3. The summed E-state index contributed by atoms with van der Waals surface area (Å²) < 4.78 is 0. The Morgan fingerprint density at radius 3 is 2.40 bits per heavy atom. The lowest BCUT2D eigenvalue weighted by atomic mass is 10.0. The van der Waals surface area contributed by atoms with E-state index in [2.05, 4.69) is 6.08 Å². The molecular formula is C12H23NO2. The van der Waals surface area contributed by atoms with Crippen molar-refractivity contribution < 1.29 is 9.90 Å². The van der Waals surface area contributed by atoms with Gasteiger partial charge in [0, 0.05) is 13.1 Å². The third-order valence-corrected chi connectivity index (χ3v) is 1.99. The molecule has 0 saturated carbocycles. The first-order valence-corrected chi connectivity index (χ1v) is 5.64. The minimum absolute atomic E-state index is 0.0388. The van der Waals surface area contributed by atoms with Crippen LogP contribution in [-0.2, 0) is 4.79 Å². The molecule has 1 N–H and O–H groups in total. The number of aliphatic hydroxyl groups is 1. The van der Waals surface area contributed by atoms with Crippen LogP contribution in [0.2, 0.25) is 0 Å². The van der Waals surface area contributed by atoms with E-state index in [1.165, 1.54) is 0 Å². The molecule has 0 fully saturated rings. The summed E-state index contributed by atoms with van der Waals surface area (Å²) in [6, 6.07) is 0. The summed E-state index contributed by atoms with van der Waals surface area (Å²) in [5, 5.41) is 9.45. The average molecular weight is 213 g/mol. The highest BCUT2D eigenvalue weighted by Gasteiger charge is 2.22. The van der Waals surface area contributed by atoms with Crippen molar-refractivity contribution in [1.29, 1.82) is 0 Å². The van der Waals surface area contributed by atoms with Crippen LogP contribution >= 0.6 is 0 Å². The Bertz CT molecular complexity index is 216. The van der Waals surface area contributed by atoms with E-state index in [-0.39, 0.29) is 12.3 Å². The van der Waals surface area contributed by atoms with Crippen LogP contribution in [0.5, 0.6) is 0 Å². The quantitative estimate of drug-likeness (QED) is 0.712. The normalized spacial score (nSPS) is 15.7. The molecule has 0 unspecified atom stereocenters. The predicted molar refractivity (Wildman–Crippen MR) is 62.6 cm³/mol. The van der Waals surface area contributed by atoms with Crippen molar-refractivity contribution in [2.75, 3.05) is 13.1 Å². The van der Waals surface area contributed by atoms with Crippen molar-refractivity contribution in [3.8, 4) is 0 Å². The van der Waals surface area contributed by atoms with Gasteiger partial charge >= 0.3 is 0 Å². The Balaban J connectivity index is 0.000000921. The highest BCUT2D eigenvalue weighted by atomic mass is 16.3. The summed E-state index contributed by atoms with van der Waals surface area (Å²) in [5.74, 6) is 0.0388. The average Bonchev–Trinajstić information content (AvgIpc) is 2.20. The lowest BCUT2D eigenvalue weighted by Gasteiger charge is -2.26. The SMILES string of the molecule is CC.CC(C)(O)CC(=O)N1CC=CCC1. The van der Waals surface area contributed by atoms with E-state index in [1.807, 2.05) is 19.9 Å². The Hall–Kier alpha value is -0.830. The first kappa shape index (κ1) is 14.2. The molecule has 1 amide bonds. The lowest BCUT2D eigenvalue weighted by Crippen LogP contribution is -2.38. The van der Waals surface area contributed by atoms with Crippen LogP contribution in [0.15, 0.2) is 12.2 Å². The first-order valence-electron chi connectivity index (χ1n) is 5.64. The summed E-state index contributed by atoms with van der Waals surface area (Å²) in [5.41, 5.74) is -0.891. The largest absolute Gasteiger partial charge is 0.390 e. The summed E-state index contributed by atoms with van der Waals surface area (Å²) >= 11 is 0. The van der Waals surface area contributed by atoms with Gasteiger partial charge in [0.15, 0.2) is 0 Å². The van der Waals surface area contributed by atoms with Gasteiger partial charge in [-0.05, 0) is 20.3 Å². The molecule has 0 aliphatic carbocycles. The highest BCUT2D eigenvalue weighted by molar-refractivity contribution is 5.77. The smallest absolute Gasteiger partial charge is 0.225 e. The van der Waals surface area contributed by atoms with Gasteiger partial charge in [-0.3, -0.25) is 4.79 Å². The van der Waals surface area contributed by atoms with E-state index in [4.69, 9.17) is 0 Å². The molecule has 0 saturated heterocycles. The van der Waals surface area contributed by atoms with Crippen molar-refractivity contribution in [2.45, 2.75) is 46.1 Å². The van der Waals surface area contributed by atoms with Crippen LogP contribution in [0, 0.1) is 0 Å². The van der Waals surface area contributed by atoms with Gasteiger partial charge in [0.1, 0.15) is 0 Å². The molecule has 0 bridgehead atoms. The van der Waals surface area contributed by atoms with Gasteiger partial charge < -0.3 is 10.0 Å². The van der Waals surface area contributed by atoms with Crippen LogP contribution in [0.3, 0.4) is 0 Å². The Morgan fingerprint density at radius 2 is 2.00 bits per heavy atom. The van der Waals surface area contributed by atoms with Crippen molar-refractivity contribution >= 4 is 5.91 Å². The second-order valence-corrected chi connectivity index (χ2v) is 4.09. The maximum absolute atomic E-state index is 11.5. The Kier molecular flexibility index (Phi) is 6.25. The molecule has 1 aliphatic rings. The maximum atomic E-state index is 11.5. The third kappa shape index (κ3) is 6.28. The fourth-order valence-corrected chi connectivity index (χ4v) is 1.35. The van der Waals surface area contributed by atoms with Gasteiger partial charge in [0.25, 0.3) is 0 Å². The van der Waals surface area contributed by atoms with Gasteiger partial charge in [-0.15, -0.1) is 0 Å². The molecule has 0 spiro atoms. The fraction of sp³-hybridized carbons (Fsp3) is 0.750. The zero-order valence-corrected chi connectivity index (χ0v) is 10.3. The molecule has 3 nitrogen and oxygen atoms in total. The van der Waals surface area contributed by atoms with Crippen molar-refractivity contribution in [3.63, 3.8) is 0 Å². The number of hydrogen-bond donors (Lipinski definition) is 1. The first-order chi connectivity index (χ1) is 6.99. The zero-order chi connectivity index (χ0) is 11.9. The Morgan fingerprint density at radius 1 is 1.40 bits per heavy atom. The topological polar surface area (TPSA) is 40.5 Å². The van der Waals surface area contributed by atoms with Gasteiger partial charge in [0.05, 0.1) is 12.0 Å². The van der Waals surface area contributed by atoms with Crippen LogP contribution in [0.1, 0.15) is 40.5 Å². The van der Waals surface area contributed by atoms with Crippen molar-refractivity contribution in [2.24, 2.45) is 0 Å². The molecule has 3 heteroatoms. The van der Waals surface area contributed by atoms with E-state index in [0.717, 1.165) is 13.0 Å². The van der Waals surface area contributed by atoms with E-state index in [0.29, 0.717) is 6.54 Å². The molecule has 0 aromatic heterocycles. The second-order valence-electron chi connectivity index (χ2n) is 4.09. The molecule has 0 atom stereocenters. The number of carbonyl (C=O) groups is 1. The highest BCUT2D eigenvalue weighted by Crippen LogP contribution is 2.11. The molecule has 15 heavy (non-hydrogen) atoms. The standard InChI is InChI=1S/C10H17NO2.C2H6/c1-10(2,13)8-9(12)11-6-4-3-5-7-11;1-2/h3-4,13H,5-8H2,1-2H3;1-2H3. The fourth-order valence-electron chi connectivity index (χ4n) is 1.35. The van der Waals surface area contributed by atoms with Crippen molar-refractivity contribution in [1.82, 2.24) is 4.90 Å². The molecule has 1 aliphatic heterocycles. The monoisotopic (exact) mass is 213 g/mol. The maximum Gasteiger partial charge on any atom is 0.225 e. The summed E-state index contributed by atoms with van der Waals surface area (Å²) in [7, 11) is 0. The zero-order valence-electron chi connectivity index (χ0n) is 10.3. The second kappa shape index (κ2) is 6.62. The number of rotatable bonds is 2. The van der Waals surface area contributed by atoms with Gasteiger partial charge in [-0.2, -0.15) is 0 Å². The van der Waals surface area contributed by atoms with E-state index >= 15 is 0 Å². The van der Waals surface area contributed by atoms with E-state index in [9.17, 15) is 9.90 Å². The summed E-state index contributed by atoms with van der Waals surface area (Å²) in [6.45, 7) is 8.79. The molecule has 1 rings (SSSR count). The molecule has 88 valence electrons. The minimum Gasteiger partial charge on any atom is -0.390 e. The van der Waals surface area contributed by atoms with E-state index in [1.54, 1.807) is 18.7 Å². The molecule has 1 heterocycles. The lowest BCUT2D eigenvalue weighted by molar-refractivity contribution is -0.134. The molecule has 0 aromatic rings. The van der Waals surface area contributed by atoms with Gasteiger partial charge in [-0.1, -0.05) is 26.0 Å². The molecule has 0 aromatic carbocycles. The molecular weight excluding hydrogens is 190 g/mol.